The van der Waals surface area contributed by atoms with Crippen LogP contribution in [0.5, 0.6) is 5.75 Å². The molecule has 72 valence electrons. The number of ether oxygens (including phenoxy) is 1. The summed E-state index contributed by atoms with van der Waals surface area (Å²) in [5, 5.41) is 3.34. The highest BCUT2D eigenvalue weighted by Crippen LogP contribution is 2.14. The quantitative estimate of drug-likeness (QED) is 0.767. The molecule has 1 N–H and O–H groups in total. The first-order chi connectivity index (χ1) is 6.22. The second-order valence-corrected chi connectivity index (χ2v) is 3.50. The molecule has 1 rings (SSSR count). The average molecular weight is 179 g/mol. The van der Waals surface area contributed by atoms with Gasteiger partial charge in [-0.25, -0.2) is 0 Å². The minimum atomic E-state index is 0.669. The number of hydrogen-bond acceptors (Lipinski definition) is 2. The molecule has 1 aromatic rings. The van der Waals surface area contributed by atoms with Crippen molar-refractivity contribution in [3.8, 4) is 5.75 Å². The third kappa shape index (κ3) is 3.36. The van der Waals surface area contributed by atoms with Gasteiger partial charge in [-0.3, -0.25) is 0 Å². The van der Waals surface area contributed by atoms with Gasteiger partial charge in [-0.2, -0.15) is 0 Å². The summed E-state index contributed by atoms with van der Waals surface area (Å²) in [6, 6.07) is 7.98. The Morgan fingerprint density at radius 1 is 1.23 bits per heavy atom. The number of nitrogens with one attached hydrogen (secondary N) is 1. The Labute approximate surface area is 79.9 Å². The Hall–Kier alpha value is -1.18. The SMILES string of the molecule is COc1ccc(NCC(C)C)cc1. The lowest BCUT2D eigenvalue weighted by atomic mass is 10.2. The van der Waals surface area contributed by atoms with Crippen molar-refractivity contribution in [3.05, 3.63) is 24.3 Å². The van der Waals surface area contributed by atoms with E-state index in [2.05, 4.69) is 19.2 Å². The summed E-state index contributed by atoms with van der Waals surface area (Å²) in [5.41, 5.74) is 1.15. The zero-order valence-electron chi connectivity index (χ0n) is 8.50. The molecule has 0 atom stereocenters. The second-order valence-electron chi connectivity index (χ2n) is 3.50. The van der Waals surface area contributed by atoms with Crippen molar-refractivity contribution in [2.45, 2.75) is 13.8 Å². The van der Waals surface area contributed by atoms with E-state index in [1.54, 1.807) is 7.11 Å². The van der Waals surface area contributed by atoms with Gasteiger partial charge in [0.25, 0.3) is 0 Å². The lowest BCUT2D eigenvalue weighted by Crippen LogP contribution is -2.07. The fourth-order valence-corrected chi connectivity index (χ4v) is 1.03. The summed E-state index contributed by atoms with van der Waals surface area (Å²) in [4.78, 5) is 0. The van der Waals surface area contributed by atoms with Gasteiger partial charge in [0, 0.05) is 12.2 Å². The topological polar surface area (TPSA) is 21.3 Å². The first kappa shape index (κ1) is 9.90. The van der Waals surface area contributed by atoms with Crippen LogP contribution in [-0.2, 0) is 0 Å². The zero-order valence-corrected chi connectivity index (χ0v) is 8.50. The first-order valence-corrected chi connectivity index (χ1v) is 4.60. The predicted molar refractivity (Wildman–Crippen MR) is 56.3 cm³/mol. The predicted octanol–water partition coefficient (Wildman–Crippen LogP) is 2.76. The van der Waals surface area contributed by atoms with Crippen LogP contribution >= 0.6 is 0 Å². The number of benzene rings is 1. The number of methoxy groups -OCH3 is 1. The molecule has 0 spiro atoms. The van der Waals surface area contributed by atoms with E-state index in [0.29, 0.717) is 5.92 Å². The molecule has 0 saturated heterocycles. The monoisotopic (exact) mass is 179 g/mol. The molecule has 2 nitrogen and oxygen atoms in total. The van der Waals surface area contributed by atoms with Gasteiger partial charge in [-0.15, -0.1) is 0 Å². The molecule has 0 aliphatic rings. The van der Waals surface area contributed by atoms with Crippen LogP contribution in [0.4, 0.5) is 5.69 Å². The zero-order chi connectivity index (χ0) is 9.68. The van der Waals surface area contributed by atoms with Crippen LogP contribution in [0.15, 0.2) is 24.3 Å². The third-order valence-corrected chi connectivity index (χ3v) is 1.80. The maximum Gasteiger partial charge on any atom is 0.119 e. The average Bonchev–Trinajstić information content (AvgIpc) is 2.15. The van der Waals surface area contributed by atoms with E-state index >= 15 is 0 Å². The molecular weight excluding hydrogens is 162 g/mol. The maximum absolute atomic E-state index is 5.07. The fourth-order valence-electron chi connectivity index (χ4n) is 1.03. The smallest absolute Gasteiger partial charge is 0.119 e. The molecule has 0 radical (unpaired) electrons. The summed E-state index contributed by atoms with van der Waals surface area (Å²) < 4.78 is 5.07. The van der Waals surface area contributed by atoms with Crippen LogP contribution < -0.4 is 10.1 Å². The Balaban J connectivity index is 2.49. The number of hydrogen-bond donors (Lipinski definition) is 1. The van der Waals surface area contributed by atoms with Gasteiger partial charge in [0.15, 0.2) is 0 Å². The Morgan fingerprint density at radius 2 is 1.85 bits per heavy atom. The van der Waals surface area contributed by atoms with Crippen molar-refractivity contribution in [1.82, 2.24) is 0 Å². The molecule has 0 fully saturated rings. The lowest BCUT2D eigenvalue weighted by molar-refractivity contribution is 0.415. The van der Waals surface area contributed by atoms with Crippen molar-refractivity contribution < 1.29 is 4.74 Å². The van der Waals surface area contributed by atoms with Crippen LogP contribution in [0.2, 0.25) is 0 Å². The maximum atomic E-state index is 5.07. The fraction of sp³-hybridized carbons (Fsp3) is 0.455. The second kappa shape index (κ2) is 4.75. The lowest BCUT2D eigenvalue weighted by Gasteiger charge is -2.09. The van der Waals surface area contributed by atoms with Crippen LogP contribution in [-0.4, -0.2) is 13.7 Å². The summed E-state index contributed by atoms with van der Waals surface area (Å²) >= 11 is 0. The van der Waals surface area contributed by atoms with E-state index < -0.39 is 0 Å². The summed E-state index contributed by atoms with van der Waals surface area (Å²) in [5.74, 6) is 1.57. The molecule has 13 heavy (non-hydrogen) atoms. The summed E-state index contributed by atoms with van der Waals surface area (Å²) in [7, 11) is 1.68. The normalized spacial score (nSPS) is 10.2. The first-order valence-electron chi connectivity index (χ1n) is 4.60. The van der Waals surface area contributed by atoms with Crippen molar-refractivity contribution in [2.75, 3.05) is 19.0 Å². The standard InChI is InChI=1S/C11H17NO/c1-9(2)8-12-10-4-6-11(13-3)7-5-10/h4-7,9,12H,8H2,1-3H3. The third-order valence-electron chi connectivity index (χ3n) is 1.80. The Kier molecular flexibility index (Phi) is 3.62. The van der Waals surface area contributed by atoms with E-state index in [1.165, 1.54) is 0 Å². The van der Waals surface area contributed by atoms with Crippen molar-refractivity contribution >= 4 is 5.69 Å². The highest BCUT2D eigenvalue weighted by atomic mass is 16.5. The van der Waals surface area contributed by atoms with E-state index in [-0.39, 0.29) is 0 Å². The van der Waals surface area contributed by atoms with Crippen LogP contribution in [0, 0.1) is 5.92 Å². The van der Waals surface area contributed by atoms with Crippen LogP contribution in [0.3, 0.4) is 0 Å². The Bertz CT molecular complexity index is 241. The highest BCUT2D eigenvalue weighted by molar-refractivity contribution is 5.46. The highest BCUT2D eigenvalue weighted by Gasteiger charge is 1.95. The number of rotatable bonds is 4. The molecule has 2 heteroatoms. The van der Waals surface area contributed by atoms with Gasteiger partial charge >= 0.3 is 0 Å². The largest absolute Gasteiger partial charge is 0.497 e. The summed E-state index contributed by atoms with van der Waals surface area (Å²) in [6.45, 7) is 5.39. The van der Waals surface area contributed by atoms with E-state index in [9.17, 15) is 0 Å². The van der Waals surface area contributed by atoms with Gasteiger partial charge in [0.2, 0.25) is 0 Å². The van der Waals surface area contributed by atoms with Crippen molar-refractivity contribution in [2.24, 2.45) is 5.92 Å². The van der Waals surface area contributed by atoms with Gasteiger partial charge < -0.3 is 10.1 Å². The summed E-state index contributed by atoms with van der Waals surface area (Å²) in [6.07, 6.45) is 0. The molecule has 0 heterocycles. The molecule has 0 bridgehead atoms. The van der Waals surface area contributed by atoms with Crippen molar-refractivity contribution in [1.29, 1.82) is 0 Å². The molecule has 0 aliphatic carbocycles. The molecule has 0 amide bonds. The molecule has 1 aromatic carbocycles. The molecule has 0 aliphatic heterocycles. The van der Waals surface area contributed by atoms with Gasteiger partial charge in [-0.05, 0) is 30.2 Å². The molecule has 0 aromatic heterocycles. The Morgan fingerprint density at radius 3 is 2.31 bits per heavy atom. The molecule has 0 saturated carbocycles. The number of anilines is 1. The minimum Gasteiger partial charge on any atom is -0.497 e. The minimum absolute atomic E-state index is 0.669. The van der Waals surface area contributed by atoms with E-state index in [1.807, 2.05) is 24.3 Å². The van der Waals surface area contributed by atoms with Gasteiger partial charge in [0.05, 0.1) is 7.11 Å². The van der Waals surface area contributed by atoms with E-state index in [4.69, 9.17) is 4.74 Å². The van der Waals surface area contributed by atoms with Crippen LogP contribution in [0.1, 0.15) is 13.8 Å². The van der Waals surface area contributed by atoms with Gasteiger partial charge in [-0.1, -0.05) is 13.8 Å². The van der Waals surface area contributed by atoms with Crippen LogP contribution in [0.25, 0.3) is 0 Å². The van der Waals surface area contributed by atoms with Crippen molar-refractivity contribution in [3.63, 3.8) is 0 Å². The van der Waals surface area contributed by atoms with E-state index in [0.717, 1.165) is 18.0 Å². The molecular formula is C11H17NO. The van der Waals surface area contributed by atoms with Gasteiger partial charge in [0.1, 0.15) is 5.75 Å². The molecule has 0 unspecified atom stereocenters.